The molecule has 5 rings (SSSR count). The molecule has 1 unspecified atom stereocenters. The summed E-state index contributed by atoms with van der Waals surface area (Å²) in [4.78, 5) is 58.2. The van der Waals surface area contributed by atoms with Crippen molar-refractivity contribution in [3.8, 4) is 5.75 Å². The van der Waals surface area contributed by atoms with Crippen LogP contribution in [0.4, 0.5) is 0 Å². The van der Waals surface area contributed by atoms with Gasteiger partial charge in [-0.2, -0.15) is 0 Å². The Morgan fingerprint density at radius 3 is 2.23 bits per heavy atom. The zero-order chi connectivity index (χ0) is 45.3. The molecule has 3 aliphatic heterocycles. The molecule has 4 aliphatic rings. The number of esters is 1. The summed E-state index contributed by atoms with van der Waals surface area (Å²) >= 11 is 0. The van der Waals surface area contributed by atoms with Crippen LogP contribution in [-0.4, -0.2) is 121 Å². The van der Waals surface area contributed by atoms with Crippen molar-refractivity contribution in [1.29, 1.82) is 0 Å². The molecule has 1 aromatic carbocycles. The molecule has 1 amide bonds. The highest BCUT2D eigenvalue weighted by molar-refractivity contribution is 6.39. The van der Waals surface area contributed by atoms with E-state index in [0.717, 1.165) is 24.2 Å². The third kappa shape index (κ3) is 11.8. The van der Waals surface area contributed by atoms with Gasteiger partial charge in [0.05, 0.1) is 24.4 Å². The van der Waals surface area contributed by atoms with Crippen molar-refractivity contribution in [2.24, 2.45) is 29.6 Å². The molecule has 3 fully saturated rings. The minimum atomic E-state index is -2.50. The Bertz CT molecular complexity index is 1730. The monoisotopic (exact) mass is 868 g/mol. The van der Waals surface area contributed by atoms with Crippen LogP contribution in [0.15, 0.2) is 53.6 Å². The van der Waals surface area contributed by atoms with Crippen molar-refractivity contribution >= 4 is 23.4 Å². The summed E-state index contributed by atoms with van der Waals surface area (Å²) in [5.41, 5.74) is 1.70. The molecule has 14 atom stereocenters. The largest absolute Gasteiger partial charge is 0.488 e. The molecular weight excluding hydrogens is 795 g/mol. The summed E-state index contributed by atoms with van der Waals surface area (Å²) in [6, 6.07) is 8.51. The van der Waals surface area contributed by atoms with Crippen molar-refractivity contribution in [3.63, 3.8) is 0 Å². The quantitative estimate of drug-likeness (QED) is 0.164. The third-order valence-corrected chi connectivity index (χ3v) is 13.9. The molecule has 1 saturated carbocycles. The Hall–Kier alpha value is -3.46. The Morgan fingerprint density at radius 2 is 1.56 bits per heavy atom. The summed E-state index contributed by atoms with van der Waals surface area (Å²) in [6.07, 6.45) is 4.80. The zero-order valence-electron chi connectivity index (χ0n) is 38.5. The first-order valence-corrected chi connectivity index (χ1v) is 22.9. The number of Topliss-reactive ketones (excluding diaryl/α,β-unsaturated/α-hetero) is 2. The van der Waals surface area contributed by atoms with Crippen molar-refractivity contribution in [2.75, 3.05) is 27.9 Å². The van der Waals surface area contributed by atoms with Crippen LogP contribution < -0.4 is 4.74 Å². The molecule has 0 spiro atoms. The SMILES string of the molecule is CC[C@@H]1/C=C(\C)C[C@H](C)CC(OC)[C@H]2O[C@@](O)(C(=O)C(=O)N3CCCC[C@H]3C(=O)O[C@H](/C(C)=C/[C@@H]3CC[C@@H](Oc4ccccc4)[C@H](OC)C3)[C@H](C)[C@@H](O)CC1=O)[C@H](C)C[C@@H]2OC. The standard InChI is InChI=1S/C49H73NO12/c1-10-35-23-29(2)22-30(3)24-42(58-8)45-43(59-9)26-32(5)49(56,62-45)46(53)47(54)50-21-15-14-18-37(50)48(55)61-44(33(6)38(51)28-39(35)52)31(4)25-34-19-20-40(41(27-34)57-7)60-36-16-12-11-13-17-36/h11-13,16-17,23,25,30,32-35,37-38,40-45,51,56H,10,14-15,18-22,24,26-28H2,1-9H3/b29-23+,31-25+/t30-,32+,33+,34-,35+,37-,38-,40+,41+,42?,43-,44+,45+,49+/m0/s1. The zero-order valence-corrected chi connectivity index (χ0v) is 38.5. The maximum atomic E-state index is 14.5. The van der Waals surface area contributed by atoms with Gasteiger partial charge in [0.1, 0.15) is 35.9 Å². The van der Waals surface area contributed by atoms with Crippen molar-refractivity contribution in [3.05, 3.63) is 53.6 Å². The van der Waals surface area contributed by atoms with Gasteiger partial charge in [0.25, 0.3) is 11.7 Å². The number of nitrogens with zero attached hydrogens (tertiary/aromatic N) is 1. The lowest BCUT2D eigenvalue weighted by atomic mass is 9.81. The van der Waals surface area contributed by atoms with Crippen LogP contribution in [-0.2, 0) is 42.9 Å². The average molecular weight is 868 g/mol. The Morgan fingerprint density at radius 1 is 0.887 bits per heavy atom. The van der Waals surface area contributed by atoms with Gasteiger partial charge >= 0.3 is 5.97 Å². The second kappa shape index (κ2) is 22.4. The lowest BCUT2D eigenvalue weighted by molar-refractivity contribution is -0.302. The molecule has 13 heteroatoms. The first-order valence-electron chi connectivity index (χ1n) is 22.9. The summed E-state index contributed by atoms with van der Waals surface area (Å²) in [6.45, 7) is 11.4. The van der Waals surface area contributed by atoms with E-state index in [2.05, 4.69) is 13.0 Å². The Kier molecular flexibility index (Phi) is 17.9. The Balaban J connectivity index is 1.49. The van der Waals surface area contributed by atoms with Crippen LogP contribution >= 0.6 is 0 Å². The van der Waals surface area contributed by atoms with E-state index in [1.165, 1.54) is 19.1 Å². The topological polar surface area (TPSA) is 167 Å². The van der Waals surface area contributed by atoms with Gasteiger partial charge in [-0.05, 0) is 108 Å². The van der Waals surface area contributed by atoms with Crippen LogP contribution in [0, 0.1) is 29.6 Å². The predicted octanol–water partition coefficient (Wildman–Crippen LogP) is 6.56. The number of ether oxygens (including phenoxy) is 6. The number of cyclic esters (lactones) is 1. The van der Waals surface area contributed by atoms with Crippen molar-refractivity contribution in [2.45, 2.75) is 167 Å². The van der Waals surface area contributed by atoms with Gasteiger partial charge in [-0.3, -0.25) is 14.4 Å². The van der Waals surface area contributed by atoms with Crippen LogP contribution in [0.2, 0.25) is 0 Å². The first kappa shape index (κ1) is 49.6. The highest BCUT2D eigenvalue weighted by atomic mass is 16.7. The molecule has 3 heterocycles. The number of para-hydroxylation sites is 1. The number of carbonyl (C=O) groups excluding carboxylic acids is 4. The average Bonchev–Trinajstić information content (AvgIpc) is 3.26. The number of hydrogen-bond acceptors (Lipinski definition) is 12. The molecule has 0 radical (unpaired) electrons. The maximum absolute atomic E-state index is 14.5. The minimum absolute atomic E-state index is 0.0350. The van der Waals surface area contributed by atoms with E-state index in [4.69, 9.17) is 28.4 Å². The molecule has 2 bridgehead atoms. The fourth-order valence-electron chi connectivity index (χ4n) is 10.2. The second-order valence-corrected chi connectivity index (χ2v) is 18.6. The van der Waals surface area contributed by atoms with E-state index in [9.17, 15) is 29.4 Å². The number of allylic oxidation sites excluding steroid dienone is 3. The van der Waals surface area contributed by atoms with Crippen LogP contribution in [0.1, 0.15) is 112 Å². The number of carbonyl (C=O) groups is 4. The van der Waals surface area contributed by atoms with E-state index in [1.54, 1.807) is 21.0 Å². The number of aliphatic hydroxyl groups is 2. The number of benzene rings is 1. The number of methoxy groups -OCH3 is 3. The van der Waals surface area contributed by atoms with Crippen LogP contribution in [0.3, 0.4) is 0 Å². The lowest BCUT2D eigenvalue weighted by Crippen LogP contribution is -2.64. The molecule has 1 aliphatic carbocycles. The number of amides is 1. The van der Waals surface area contributed by atoms with E-state index in [-0.39, 0.29) is 55.6 Å². The van der Waals surface area contributed by atoms with Gasteiger partial charge in [-0.15, -0.1) is 0 Å². The van der Waals surface area contributed by atoms with Crippen molar-refractivity contribution < 1.29 is 57.8 Å². The second-order valence-electron chi connectivity index (χ2n) is 18.6. The van der Waals surface area contributed by atoms with E-state index in [0.29, 0.717) is 44.1 Å². The maximum Gasteiger partial charge on any atom is 0.329 e. The van der Waals surface area contributed by atoms with Crippen LogP contribution in [0.25, 0.3) is 0 Å². The number of ketones is 2. The van der Waals surface area contributed by atoms with Gasteiger partial charge in [-0.25, -0.2) is 4.79 Å². The summed E-state index contributed by atoms with van der Waals surface area (Å²) in [7, 11) is 4.75. The molecule has 13 nitrogen and oxygen atoms in total. The third-order valence-electron chi connectivity index (χ3n) is 13.9. The molecule has 2 N–H and O–H groups in total. The molecular formula is C49H73NO12. The summed E-state index contributed by atoms with van der Waals surface area (Å²) < 4.78 is 36.6. The smallest absolute Gasteiger partial charge is 0.329 e. The molecule has 1 aromatic rings. The van der Waals surface area contributed by atoms with E-state index in [1.807, 2.05) is 57.2 Å². The van der Waals surface area contributed by atoms with Gasteiger partial charge in [0, 0.05) is 52.0 Å². The molecule has 2 saturated heterocycles. The number of fused-ring (bicyclic) bond motifs is 3. The van der Waals surface area contributed by atoms with Gasteiger partial charge < -0.3 is 43.5 Å². The number of hydrogen-bond donors (Lipinski definition) is 2. The first-order chi connectivity index (χ1) is 29.5. The predicted molar refractivity (Wildman–Crippen MR) is 233 cm³/mol. The number of aliphatic hydroxyl groups excluding tert-OH is 1. The summed E-state index contributed by atoms with van der Waals surface area (Å²) in [5.74, 6) is -6.65. The molecule has 62 heavy (non-hydrogen) atoms. The van der Waals surface area contributed by atoms with Crippen LogP contribution in [0.5, 0.6) is 5.75 Å². The fourth-order valence-corrected chi connectivity index (χ4v) is 10.2. The highest BCUT2D eigenvalue weighted by Crippen LogP contribution is 2.39. The molecule has 346 valence electrons. The normalized spacial score (nSPS) is 38.6. The summed E-state index contributed by atoms with van der Waals surface area (Å²) in [5, 5.41) is 23.9. The van der Waals surface area contributed by atoms with E-state index < -0.39 is 77.8 Å². The number of rotatable bonds is 8. The lowest BCUT2D eigenvalue weighted by Gasteiger charge is -2.47. The highest BCUT2D eigenvalue weighted by Gasteiger charge is 2.56. The fraction of sp³-hybridized carbons (Fsp3) is 0.714. The van der Waals surface area contributed by atoms with Crippen molar-refractivity contribution in [1.82, 2.24) is 4.90 Å². The van der Waals surface area contributed by atoms with Gasteiger partial charge in [0.2, 0.25) is 5.79 Å². The minimum Gasteiger partial charge on any atom is -0.488 e. The van der Waals surface area contributed by atoms with Gasteiger partial charge in [-0.1, -0.05) is 63.6 Å². The van der Waals surface area contributed by atoms with Gasteiger partial charge in [0.15, 0.2) is 0 Å². The number of piperidine rings is 1. The Labute approximate surface area is 368 Å². The van der Waals surface area contributed by atoms with E-state index >= 15 is 0 Å². The molecule has 0 aromatic heterocycles.